The first kappa shape index (κ1) is 34.9. The predicted molar refractivity (Wildman–Crippen MR) is 182 cm³/mol. The minimum Gasteiger partial charge on any atom is -0.391 e. The molecule has 3 fully saturated rings. The molecule has 3 aliphatic rings. The number of nitrogens with two attached hydrogens (primary N) is 1. The third kappa shape index (κ3) is 8.71. The number of aromatic nitrogens is 2. The molecule has 0 radical (unpaired) electrons. The third-order valence-electron chi connectivity index (χ3n) is 9.12. The van der Waals surface area contributed by atoms with Gasteiger partial charge in [0.15, 0.2) is 22.5 Å². The van der Waals surface area contributed by atoms with Crippen molar-refractivity contribution in [3.63, 3.8) is 0 Å². The number of likely N-dealkylation sites (tertiary alicyclic amines) is 1. The summed E-state index contributed by atoms with van der Waals surface area (Å²) in [5, 5.41) is 13.5. The van der Waals surface area contributed by atoms with E-state index in [1.807, 2.05) is 12.1 Å². The Balaban J connectivity index is 1.15. The molecule has 0 aliphatic carbocycles. The van der Waals surface area contributed by atoms with Gasteiger partial charge in [-0.15, -0.1) is 0 Å². The average Bonchev–Trinajstić information content (AvgIpc) is 3.46. The highest BCUT2D eigenvalue weighted by atomic mass is 35.5. The maximum atomic E-state index is 12.6. The number of nitrogen functional groups attached to an aromatic ring is 1. The van der Waals surface area contributed by atoms with Gasteiger partial charge in [-0.2, -0.15) is 0 Å². The van der Waals surface area contributed by atoms with Gasteiger partial charge in [-0.25, -0.2) is 23.1 Å². The van der Waals surface area contributed by atoms with Crippen LogP contribution in [0.4, 0.5) is 17.3 Å². The number of amides is 1. The molecule has 254 valence electrons. The largest absolute Gasteiger partial charge is 0.391 e. The van der Waals surface area contributed by atoms with Crippen molar-refractivity contribution in [3.05, 3.63) is 39.6 Å². The number of nitrogens with one attached hydrogen (secondary N) is 2. The zero-order chi connectivity index (χ0) is 33.0. The Bertz CT molecular complexity index is 1490. The molecule has 2 atom stereocenters. The molecule has 4 heterocycles. The first-order chi connectivity index (χ1) is 21.9. The Labute approximate surface area is 281 Å². The number of sulfonamides is 1. The highest BCUT2D eigenvalue weighted by molar-refractivity contribution is 7.88. The Hall–Kier alpha value is -2.46. The molecular weight excluding hydrogens is 653 g/mol. The number of rotatable bonds is 11. The second-order valence-electron chi connectivity index (χ2n) is 12.4. The van der Waals surface area contributed by atoms with Crippen molar-refractivity contribution in [2.45, 2.75) is 57.3 Å². The van der Waals surface area contributed by atoms with Crippen LogP contribution in [0.1, 0.15) is 48.7 Å². The number of aliphatic hydroxyl groups is 1. The lowest BCUT2D eigenvalue weighted by atomic mass is 9.97. The van der Waals surface area contributed by atoms with E-state index < -0.39 is 15.9 Å². The van der Waals surface area contributed by atoms with Gasteiger partial charge in [-0.05, 0) is 56.5 Å². The maximum Gasteiger partial charge on any atom is 0.273 e. The van der Waals surface area contributed by atoms with Crippen LogP contribution < -0.4 is 25.6 Å². The fourth-order valence-corrected chi connectivity index (χ4v) is 7.65. The quantitative estimate of drug-likeness (QED) is 0.254. The van der Waals surface area contributed by atoms with E-state index in [0.29, 0.717) is 31.0 Å². The van der Waals surface area contributed by atoms with Gasteiger partial charge in [-0.3, -0.25) is 14.6 Å². The summed E-state index contributed by atoms with van der Waals surface area (Å²) in [6, 6.07) is 6.90. The normalized spacial score (nSPS) is 22.0. The Morgan fingerprint density at radius 2 is 1.80 bits per heavy atom. The molecule has 2 aromatic rings. The summed E-state index contributed by atoms with van der Waals surface area (Å²) in [7, 11) is -3.36. The molecule has 13 nitrogen and oxygen atoms in total. The van der Waals surface area contributed by atoms with Crippen LogP contribution in [0.25, 0.3) is 0 Å². The number of aliphatic hydroxyl groups excluding tert-OH is 1. The van der Waals surface area contributed by atoms with Crippen molar-refractivity contribution in [3.8, 4) is 0 Å². The zero-order valence-corrected chi connectivity index (χ0v) is 28.8. The molecule has 0 saturated carbocycles. The number of carbonyl (C=O) groups is 1. The molecule has 0 bridgehead atoms. The molecular formula is C30H45Cl2N9O4S. The first-order valence-electron chi connectivity index (χ1n) is 15.9. The van der Waals surface area contributed by atoms with E-state index in [0.717, 1.165) is 81.9 Å². The first-order valence-corrected chi connectivity index (χ1v) is 18.6. The lowest BCUT2D eigenvalue weighted by Crippen LogP contribution is -2.58. The number of β-amino-alcohol motifs (C(OH)–C–C–N with tert-alkyl or cyclic N) is 1. The van der Waals surface area contributed by atoms with Crippen LogP contribution in [0.15, 0.2) is 18.2 Å². The minimum atomic E-state index is -3.36. The highest BCUT2D eigenvalue weighted by Crippen LogP contribution is 2.32. The third-order valence-corrected chi connectivity index (χ3v) is 10.3. The molecule has 3 aliphatic heterocycles. The monoisotopic (exact) mass is 697 g/mol. The van der Waals surface area contributed by atoms with Crippen molar-refractivity contribution >= 4 is 56.5 Å². The number of piperidine rings is 1. The number of anilines is 3. The SMILES string of the molecule is CC[C@H]1CN(c2nc(N)c(C(=O)NCCNS(C)(=O)=O)nc2Cl)CCN1C1CCN(Cc2ccc(Cl)cc2N2CC[C@@H](O)C2)CC1. The second-order valence-corrected chi connectivity index (χ2v) is 15.0. The fourth-order valence-electron chi connectivity index (χ4n) is 6.76. The molecule has 1 aromatic carbocycles. The molecule has 0 spiro atoms. The van der Waals surface area contributed by atoms with Crippen molar-refractivity contribution in [1.29, 1.82) is 0 Å². The van der Waals surface area contributed by atoms with Gasteiger partial charge in [-0.1, -0.05) is 36.2 Å². The van der Waals surface area contributed by atoms with Gasteiger partial charge in [0.25, 0.3) is 5.91 Å². The van der Waals surface area contributed by atoms with E-state index in [-0.39, 0.29) is 35.9 Å². The lowest BCUT2D eigenvalue weighted by Gasteiger charge is -2.47. The summed E-state index contributed by atoms with van der Waals surface area (Å²) in [5.41, 5.74) is 8.44. The summed E-state index contributed by atoms with van der Waals surface area (Å²) in [6.07, 6.45) is 4.68. The highest BCUT2D eigenvalue weighted by Gasteiger charge is 2.35. The summed E-state index contributed by atoms with van der Waals surface area (Å²) >= 11 is 12.9. The van der Waals surface area contributed by atoms with E-state index in [9.17, 15) is 18.3 Å². The number of benzene rings is 1. The molecule has 46 heavy (non-hydrogen) atoms. The summed E-state index contributed by atoms with van der Waals surface area (Å²) in [4.78, 5) is 30.8. The zero-order valence-electron chi connectivity index (χ0n) is 26.5. The van der Waals surface area contributed by atoms with Gasteiger partial charge in [0, 0.05) is 75.2 Å². The minimum absolute atomic E-state index is 0.0272. The number of hydrogen-bond donors (Lipinski definition) is 4. The Morgan fingerprint density at radius 1 is 1.04 bits per heavy atom. The Kier molecular flexibility index (Phi) is 11.5. The van der Waals surface area contributed by atoms with Crippen LogP contribution in [0.5, 0.6) is 0 Å². The number of hydrogen-bond acceptors (Lipinski definition) is 11. The van der Waals surface area contributed by atoms with Crippen LogP contribution in [0, 0.1) is 0 Å². The van der Waals surface area contributed by atoms with E-state index in [1.165, 1.54) is 5.56 Å². The van der Waals surface area contributed by atoms with Crippen molar-refractivity contribution < 1.29 is 18.3 Å². The van der Waals surface area contributed by atoms with Gasteiger partial charge < -0.3 is 26.0 Å². The maximum absolute atomic E-state index is 12.6. The van der Waals surface area contributed by atoms with Gasteiger partial charge in [0.05, 0.1) is 12.4 Å². The van der Waals surface area contributed by atoms with Crippen molar-refractivity contribution in [1.82, 2.24) is 29.8 Å². The molecule has 5 N–H and O–H groups in total. The second kappa shape index (κ2) is 15.2. The van der Waals surface area contributed by atoms with Crippen LogP contribution in [-0.4, -0.2) is 123 Å². The van der Waals surface area contributed by atoms with Crippen molar-refractivity contribution in [2.24, 2.45) is 0 Å². The summed E-state index contributed by atoms with van der Waals surface area (Å²) < 4.78 is 24.8. The summed E-state index contributed by atoms with van der Waals surface area (Å²) in [5.74, 6) is -0.134. The van der Waals surface area contributed by atoms with E-state index in [2.05, 4.69) is 52.6 Å². The van der Waals surface area contributed by atoms with E-state index >= 15 is 0 Å². The van der Waals surface area contributed by atoms with Crippen molar-refractivity contribution in [2.75, 3.05) is 80.7 Å². The topological polar surface area (TPSA) is 160 Å². The molecule has 5 rings (SSSR count). The van der Waals surface area contributed by atoms with Crippen LogP contribution >= 0.6 is 23.2 Å². The Morgan fingerprint density at radius 3 is 2.48 bits per heavy atom. The number of halogens is 2. The average molecular weight is 699 g/mol. The summed E-state index contributed by atoms with van der Waals surface area (Å²) in [6.45, 7) is 8.97. The van der Waals surface area contributed by atoms with Gasteiger partial charge in [0.2, 0.25) is 10.0 Å². The number of carbonyl (C=O) groups excluding carboxylic acids is 1. The van der Waals surface area contributed by atoms with Crippen LogP contribution in [-0.2, 0) is 16.6 Å². The molecule has 16 heteroatoms. The molecule has 1 aromatic heterocycles. The fraction of sp³-hybridized carbons (Fsp3) is 0.633. The van der Waals surface area contributed by atoms with Crippen LogP contribution in [0.3, 0.4) is 0 Å². The number of piperazine rings is 1. The van der Waals surface area contributed by atoms with E-state index in [1.54, 1.807) is 0 Å². The predicted octanol–water partition coefficient (Wildman–Crippen LogP) is 1.78. The lowest BCUT2D eigenvalue weighted by molar-refractivity contribution is 0.0611. The number of nitrogens with zero attached hydrogens (tertiary/aromatic N) is 6. The smallest absolute Gasteiger partial charge is 0.273 e. The van der Waals surface area contributed by atoms with Gasteiger partial charge in [0.1, 0.15) is 0 Å². The standard InChI is InChI=1S/C30H45Cl2N9O4S/c1-3-22-18-40(29-27(32)36-26(28(33)37-29)30(43)34-9-10-35-46(2,44)45)14-15-41(22)23-6-11-38(12-7-23)17-20-4-5-21(31)16-25(20)39-13-8-24(42)19-39/h4-5,16,22-24,35,42H,3,6-15,17-19H2,1-2H3,(H2,33,37)(H,34,43)/t22-,24+/m0/s1. The molecule has 1 amide bonds. The molecule has 0 unspecified atom stereocenters. The van der Waals surface area contributed by atoms with E-state index in [4.69, 9.17) is 28.9 Å². The molecule has 3 saturated heterocycles. The van der Waals surface area contributed by atoms with Gasteiger partial charge >= 0.3 is 0 Å². The van der Waals surface area contributed by atoms with Crippen LogP contribution in [0.2, 0.25) is 10.2 Å².